The summed E-state index contributed by atoms with van der Waals surface area (Å²) in [5.41, 5.74) is 5.26. The van der Waals surface area contributed by atoms with Crippen molar-refractivity contribution in [3.8, 4) is 0 Å². The van der Waals surface area contributed by atoms with Crippen LogP contribution in [0.4, 0.5) is 0 Å². The van der Waals surface area contributed by atoms with Crippen molar-refractivity contribution in [2.75, 3.05) is 25.2 Å². The molecule has 0 aliphatic rings. The normalized spacial score (nSPS) is 13.1. The lowest BCUT2D eigenvalue weighted by Gasteiger charge is -2.30. The van der Waals surface area contributed by atoms with Crippen LogP contribution in [0.3, 0.4) is 0 Å². The first kappa shape index (κ1) is 13.9. The third-order valence-electron chi connectivity index (χ3n) is 2.52. The van der Waals surface area contributed by atoms with Gasteiger partial charge in [-0.25, -0.2) is 8.42 Å². The van der Waals surface area contributed by atoms with Gasteiger partial charge in [-0.1, -0.05) is 13.8 Å². The van der Waals surface area contributed by atoms with Crippen molar-refractivity contribution in [3.05, 3.63) is 0 Å². The van der Waals surface area contributed by atoms with Gasteiger partial charge in [-0.05, 0) is 12.8 Å². The summed E-state index contributed by atoms with van der Waals surface area (Å²) in [5, 5.41) is 0. The molecule has 0 spiro atoms. The van der Waals surface area contributed by atoms with Crippen molar-refractivity contribution in [1.29, 1.82) is 0 Å². The van der Waals surface area contributed by atoms with Crippen LogP contribution in [0.2, 0.25) is 0 Å². The van der Waals surface area contributed by atoms with Crippen molar-refractivity contribution in [3.63, 3.8) is 0 Å². The zero-order valence-corrected chi connectivity index (χ0v) is 10.1. The molecule has 0 rings (SSSR count). The minimum Gasteiger partial charge on any atom is -0.373 e. The molecule has 0 aromatic heterocycles. The van der Waals surface area contributed by atoms with Gasteiger partial charge in [-0.3, -0.25) is 0 Å². The van der Waals surface area contributed by atoms with Crippen LogP contribution in [-0.4, -0.2) is 39.2 Å². The summed E-state index contributed by atoms with van der Waals surface area (Å²) in [6.45, 7) is 4.66. The van der Waals surface area contributed by atoms with Gasteiger partial charge in [0, 0.05) is 12.8 Å². The van der Waals surface area contributed by atoms with E-state index in [1.54, 1.807) is 0 Å². The molecule has 14 heavy (non-hydrogen) atoms. The number of rotatable bonds is 7. The summed E-state index contributed by atoms with van der Waals surface area (Å²) in [6.07, 6.45) is 2.83. The molecule has 2 N–H and O–H groups in total. The largest absolute Gasteiger partial charge is 0.373 e. The number of nitrogens with two attached hydrogens (primary N) is 1. The van der Waals surface area contributed by atoms with Crippen LogP contribution in [0, 0.1) is 0 Å². The Balaban J connectivity index is 4.08. The molecule has 0 saturated heterocycles. The van der Waals surface area contributed by atoms with Gasteiger partial charge >= 0.3 is 0 Å². The number of ether oxygens (including phenoxy) is 1. The maximum atomic E-state index is 10.9. The summed E-state index contributed by atoms with van der Waals surface area (Å²) in [5.74, 6) is 0.0642. The number of sulfone groups is 1. The van der Waals surface area contributed by atoms with Gasteiger partial charge in [0.05, 0.1) is 18.0 Å². The molecular weight excluding hydrogens is 202 g/mol. The molecule has 0 bridgehead atoms. The second-order valence-electron chi connectivity index (χ2n) is 3.57. The van der Waals surface area contributed by atoms with Gasteiger partial charge in [0.25, 0.3) is 0 Å². The van der Waals surface area contributed by atoms with Crippen LogP contribution in [-0.2, 0) is 14.6 Å². The molecule has 0 radical (unpaired) electrons. The van der Waals surface area contributed by atoms with E-state index in [1.807, 2.05) is 13.8 Å². The maximum absolute atomic E-state index is 10.9. The minimum absolute atomic E-state index is 0.0642. The Morgan fingerprint density at radius 2 is 1.79 bits per heavy atom. The summed E-state index contributed by atoms with van der Waals surface area (Å²) < 4.78 is 27.3. The van der Waals surface area contributed by atoms with Crippen LogP contribution in [0.5, 0.6) is 0 Å². The third kappa shape index (κ3) is 4.93. The lowest BCUT2D eigenvalue weighted by molar-refractivity contribution is -0.0367. The van der Waals surface area contributed by atoms with E-state index in [0.29, 0.717) is 6.54 Å². The Kier molecular flexibility index (Phi) is 5.63. The number of hydrogen-bond acceptors (Lipinski definition) is 4. The fourth-order valence-corrected chi connectivity index (χ4v) is 1.60. The molecule has 0 saturated carbocycles. The molecule has 0 aliphatic carbocycles. The average molecular weight is 223 g/mol. The summed E-state index contributed by atoms with van der Waals surface area (Å²) >= 11 is 0. The molecule has 0 aromatic carbocycles. The predicted molar refractivity (Wildman–Crippen MR) is 58.0 cm³/mol. The van der Waals surface area contributed by atoms with E-state index >= 15 is 0 Å². The topological polar surface area (TPSA) is 69.4 Å². The Morgan fingerprint density at radius 1 is 1.29 bits per heavy atom. The second-order valence-corrected chi connectivity index (χ2v) is 5.83. The van der Waals surface area contributed by atoms with E-state index in [9.17, 15) is 8.42 Å². The van der Waals surface area contributed by atoms with Crippen LogP contribution in [0.15, 0.2) is 0 Å². The molecule has 0 unspecified atom stereocenters. The summed E-state index contributed by atoms with van der Waals surface area (Å²) in [7, 11) is -2.94. The first-order valence-electron chi connectivity index (χ1n) is 4.91. The Hall–Kier alpha value is -0.130. The van der Waals surface area contributed by atoms with Crippen LogP contribution >= 0.6 is 0 Å². The minimum atomic E-state index is -2.94. The van der Waals surface area contributed by atoms with E-state index in [1.165, 1.54) is 6.26 Å². The molecule has 4 nitrogen and oxygen atoms in total. The molecule has 0 aromatic rings. The third-order valence-corrected chi connectivity index (χ3v) is 3.43. The average Bonchev–Trinajstić information content (AvgIpc) is 2.11. The zero-order chi connectivity index (χ0) is 11.2. The molecule has 0 heterocycles. The highest BCUT2D eigenvalue weighted by Gasteiger charge is 2.25. The first-order valence-corrected chi connectivity index (χ1v) is 6.97. The van der Waals surface area contributed by atoms with Gasteiger partial charge in [0.2, 0.25) is 0 Å². The summed E-state index contributed by atoms with van der Waals surface area (Å²) in [4.78, 5) is 0. The van der Waals surface area contributed by atoms with Crippen LogP contribution < -0.4 is 5.73 Å². The van der Waals surface area contributed by atoms with E-state index < -0.39 is 9.84 Å². The maximum Gasteiger partial charge on any atom is 0.149 e. The fraction of sp³-hybridized carbons (Fsp3) is 1.00. The van der Waals surface area contributed by atoms with E-state index in [4.69, 9.17) is 10.5 Å². The van der Waals surface area contributed by atoms with Crippen LogP contribution in [0.25, 0.3) is 0 Å². The first-order chi connectivity index (χ1) is 6.39. The predicted octanol–water partition coefficient (Wildman–Crippen LogP) is 0.565. The zero-order valence-electron chi connectivity index (χ0n) is 9.25. The summed E-state index contributed by atoms with van der Waals surface area (Å²) in [6, 6.07) is 0. The van der Waals surface area contributed by atoms with Crippen molar-refractivity contribution >= 4 is 9.84 Å². The monoisotopic (exact) mass is 223 g/mol. The van der Waals surface area contributed by atoms with E-state index in [-0.39, 0.29) is 18.0 Å². The molecule has 86 valence electrons. The molecule has 0 aliphatic heterocycles. The van der Waals surface area contributed by atoms with Crippen molar-refractivity contribution in [1.82, 2.24) is 0 Å². The lowest BCUT2D eigenvalue weighted by atomic mass is 9.97. The lowest BCUT2D eigenvalue weighted by Crippen LogP contribution is -2.40. The quantitative estimate of drug-likeness (QED) is 0.685. The SMILES string of the molecule is CCC(CC)(CN)OCCS(C)(=O)=O. The van der Waals surface area contributed by atoms with Gasteiger partial charge in [-0.2, -0.15) is 0 Å². The molecular formula is C9H21NO3S. The highest BCUT2D eigenvalue weighted by Crippen LogP contribution is 2.18. The Bertz CT molecular complexity index is 237. The second kappa shape index (κ2) is 5.68. The molecule has 0 fully saturated rings. The Morgan fingerprint density at radius 3 is 2.07 bits per heavy atom. The standard InChI is InChI=1S/C9H21NO3S/c1-4-9(5-2,8-10)13-6-7-14(3,11)12/h4-8,10H2,1-3H3. The van der Waals surface area contributed by atoms with Gasteiger partial charge in [0.15, 0.2) is 0 Å². The Labute approximate surface area is 86.7 Å². The van der Waals surface area contributed by atoms with E-state index in [0.717, 1.165) is 12.8 Å². The molecule has 5 heteroatoms. The van der Waals surface area contributed by atoms with Gasteiger partial charge < -0.3 is 10.5 Å². The molecule has 0 atom stereocenters. The van der Waals surface area contributed by atoms with Gasteiger partial charge in [0.1, 0.15) is 9.84 Å². The van der Waals surface area contributed by atoms with E-state index in [2.05, 4.69) is 0 Å². The smallest absolute Gasteiger partial charge is 0.149 e. The highest BCUT2D eigenvalue weighted by atomic mass is 32.2. The fourth-order valence-electron chi connectivity index (χ4n) is 1.21. The molecule has 0 amide bonds. The van der Waals surface area contributed by atoms with Crippen molar-refractivity contribution in [2.24, 2.45) is 5.73 Å². The van der Waals surface area contributed by atoms with Crippen molar-refractivity contribution < 1.29 is 13.2 Å². The van der Waals surface area contributed by atoms with Crippen LogP contribution in [0.1, 0.15) is 26.7 Å². The highest BCUT2D eigenvalue weighted by molar-refractivity contribution is 7.90. The van der Waals surface area contributed by atoms with Crippen molar-refractivity contribution in [2.45, 2.75) is 32.3 Å². The number of hydrogen-bond donors (Lipinski definition) is 1. The van der Waals surface area contributed by atoms with Gasteiger partial charge in [-0.15, -0.1) is 0 Å².